The number of hydrogen-bond donors (Lipinski definition) is 0. The van der Waals surface area contributed by atoms with Crippen molar-refractivity contribution < 1.29 is 9.32 Å². The van der Waals surface area contributed by atoms with Crippen LogP contribution in [-0.2, 0) is 4.79 Å². The summed E-state index contributed by atoms with van der Waals surface area (Å²) in [6.07, 6.45) is 3.88. The second-order valence-electron chi connectivity index (χ2n) is 9.19. The number of likely N-dealkylation sites (tertiary alicyclic amines) is 1. The summed E-state index contributed by atoms with van der Waals surface area (Å²) >= 11 is 0. The molecular formula is C20H31N5O2. The van der Waals surface area contributed by atoms with Gasteiger partial charge in [-0.25, -0.2) is 0 Å². The number of carbonyl (C=O) groups is 1. The smallest absolute Gasteiger partial charge is 0.324 e. The normalized spacial score (nSPS) is 34.0. The van der Waals surface area contributed by atoms with Crippen LogP contribution in [0.3, 0.4) is 0 Å². The summed E-state index contributed by atoms with van der Waals surface area (Å²) in [5.41, 5.74) is 0.441. The average molecular weight is 374 g/mol. The molecule has 0 N–H and O–H groups in total. The monoisotopic (exact) mass is 373 g/mol. The quantitative estimate of drug-likeness (QED) is 0.784. The molecule has 1 aromatic heterocycles. The van der Waals surface area contributed by atoms with E-state index in [4.69, 9.17) is 4.52 Å². The van der Waals surface area contributed by atoms with Gasteiger partial charge in [-0.15, -0.1) is 0 Å². The first-order valence-corrected chi connectivity index (χ1v) is 10.6. The molecule has 5 rings (SSSR count). The molecule has 0 aromatic carbocycles. The highest BCUT2D eigenvalue weighted by molar-refractivity contribution is 5.82. The number of nitrogens with zero attached hydrogens (tertiary/aromatic N) is 5. The Morgan fingerprint density at radius 1 is 1.26 bits per heavy atom. The molecule has 2 saturated heterocycles. The zero-order chi connectivity index (χ0) is 18.8. The summed E-state index contributed by atoms with van der Waals surface area (Å²) < 4.78 is 5.31. The maximum Gasteiger partial charge on any atom is 0.324 e. The fraction of sp³-hybridized carbons (Fsp3) is 0.850. The maximum absolute atomic E-state index is 12.6. The van der Waals surface area contributed by atoms with Crippen LogP contribution in [-0.4, -0.2) is 71.2 Å². The Morgan fingerprint density at radius 3 is 2.56 bits per heavy atom. The molecule has 1 aromatic rings. The third-order valence-electron chi connectivity index (χ3n) is 7.62. The molecular weight excluding hydrogens is 342 g/mol. The van der Waals surface area contributed by atoms with Gasteiger partial charge in [-0.3, -0.25) is 9.69 Å². The lowest BCUT2D eigenvalue weighted by Crippen LogP contribution is -2.56. The van der Waals surface area contributed by atoms with Gasteiger partial charge in [0.05, 0.1) is 0 Å². The molecule has 2 aliphatic heterocycles. The van der Waals surface area contributed by atoms with Gasteiger partial charge in [0, 0.05) is 56.6 Å². The third kappa shape index (κ3) is 2.77. The lowest BCUT2D eigenvalue weighted by atomic mass is 9.78. The van der Waals surface area contributed by atoms with Crippen LogP contribution in [0.5, 0.6) is 0 Å². The van der Waals surface area contributed by atoms with Gasteiger partial charge in [-0.05, 0) is 51.9 Å². The molecule has 1 unspecified atom stereocenters. The van der Waals surface area contributed by atoms with Crippen molar-refractivity contribution in [3.05, 3.63) is 5.82 Å². The molecule has 148 valence electrons. The van der Waals surface area contributed by atoms with E-state index < -0.39 is 0 Å². The minimum atomic E-state index is 0.316. The number of hydrogen-bond acceptors (Lipinski definition) is 6. The Bertz CT molecular complexity index is 712. The Morgan fingerprint density at radius 2 is 1.96 bits per heavy atom. The molecule has 27 heavy (non-hydrogen) atoms. The van der Waals surface area contributed by atoms with Crippen molar-refractivity contribution in [2.24, 2.45) is 23.2 Å². The zero-order valence-electron chi connectivity index (χ0n) is 16.7. The second kappa shape index (κ2) is 6.19. The van der Waals surface area contributed by atoms with E-state index in [1.807, 2.05) is 11.8 Å². The lowest BCUT2D eigenvalue weighted by molar-refractivity contribution is -0.133. The molecule has 1 spiro atoms. The van der Waals surface area contributed by atoms with Gasteiger partial charge in [0.1, 0.15) is 0 Å². The van der Waals surface area contributed by atoms with E-state index >= 15 is 0 Å². The van der Waals surface area contributed by atoms with Gasteiger partial charge in [0.25, 0.3) is 0 Å². The number of anilines is 1. The highest BCUT2D eigenvalue weighted by Crippen LogP contribution is 2.55. The first kappa shape index (κ1) is 17.5. The Kier molecular flexibility index (Phi) is 4.00. The van der Waals surface area contributed by atoms with Gasteiger partial charge in [0.2, 0.25) is 5.91 Å². The van der Waals surface area contributed by atoms with Crippen LogP contribution in [0, 0.1) is 30.1 Å². The van der Waals surface area contributed by atoms with Gasteiger partial charge >= 0.3 is 6.01 Å². The van der Waals surface area contributed by atoms with E-state index in [-0.39, 0.29) is 0 Å². The minimum absolute atomic E-state index is 0.316. The van der Waals surface area contributed by atoms with Crippen LogP contribution in [0.2, 0.25) is 0 Å². The SMILES string of the molecule is CCN(CC)C(=O)[C@H]1[C@@H]2CN(C3CCC4(C3)CN(c3nc(C)no3)C4)C[C@@H]21. The molecule has 7 nitrogen and oxygen atoms in total. The lowest BCUT2D eigenvalue weighted by Gasteiger charge is -2.47. The van der Waals surface area contributed by atoms with E-state index in [2.05, 4.69) is 33.8 Å². The summed E-state index contributed by atoms with van der Waals surface area (Å²) in [4.78, 5) is 23.9. The van der Waals surface area contributed by atoms with Crippen LogP contribution in [0.4, 0.5) is 6.01 Å². The molecule has 4 fully saturated rings. The molecule has 0 bridgehead atoms. The van der Waals surface area contributed by atoms with Crippen molar-refractivity contribution in [1.29, 1.82) is 0 Å². The van der Waals surface area contributed by atoms with Gasteiger partial charge in [-0.2, -0.15) is 4.98 Å². The van der Waals surface area contributed by atoms with Crippen molar-refractivity contribution >= 4 is 11.9 Å². The molecule has 4 atom stereocenters. The predicted molar refractivity (Wildman–Crippen MR) is 101 cm³/mol. The average Bonchev–Trinajstić information content (AvgIpc) is 3.08. The van der Waals surface area contributed by atoms with Crippen molar-refractivity contribution in [3.8, 4) is 0 Å². The Labute approximate surface area is 161 Å². The van der Waals surface area contributed by atoms with Crippen LogP contribution in [0.1, 0.15) is 38.9 Å². The summed E-state index contributed by atoms with van der Waals surface area (Å²) in [6.45, 7) is 12.1. The fourth-order valence-electron chi connectivity index (χ4n) is 6.06. The number of amides is 1. The zero-order valence-corrected chi connectivity index (χ0v) is 16.7. The highest BCUT2D eigenvalue weighted by Gasteiger charge is 2.62. The Hall–Kier alpha value is -1.63. The second-order valence-corrected chi connectivity index (χ2v) is 9.19. The molecule has 4 aliphatic rings. The minimum Gasteiger partial charge on any atom is -0.343 e. The van der Waals surface area contributed by atoms with Gasteiger partial charge in [0.15, 0.2) is 5.82 Å². The number of aryl methyl sites for hydroxylation is 1. The summed E-state index contributed by atoms with van der Waals surface area (Å²) in [7, 11) is 0. The van der Waals surface area contributed by atoms with Gasteiger partial charge < -0.3 is 14.3 Å². The molecule has 2 saturated carbocycles. The van der Waals surface area contributed by atoms with Crippen LogP contribution in [0.15, 0.2) is 4.52 Å². The number of rotatable bonds is 5. The van der Waals surface area contributed by atoms with E-state index in [0.29, 0.717) is 47.0 Å². The van der Waals surface area contributed by atoms with Crippen LogP contribution >= 0.6 is 0 Å². The van der Waals surface area contributed by atoms with Crippen molar-refractivity contribution in [2.45, 2.75) is 46.1 Å². The first-order valence-electron chi connectivity index (χ1n) is 10.6. The van der Waals surface area contributed by atoms with Crippen molar-refractivity contribution in [3.63, 3.8) is 0 Å². The number of carbonyl (C=O) groups excluding carboxylic acids is 1. The summed E-state index contributed by atoms with van der Waals surface area (Å²) in [5, 5.41) is 3.90. The van der Waals surface area contributed by atoms with E-state index in [1.165, 1.54) is 19.3 Å². The largest absolute Gasteiger partial charge is 0.343 e. The maximum atomic E-state index is 12.6. The van der Waals surface area contributed by atoms with Crippen molar-refractivity contribution in [2.75, 3.05) is 44.2 Å². The van der Waals surface area contributed by atoms with Crippen molar-refractivity contribution in [1.82, 2.24) is 19.9 Å². The highest BCUT2D eigenvalue weighted by atomic mass is 16.5. The number of piperidine rings is 1. The predicted octanol–water partition coefficient (Wildman–Crippen LogP) is 1.78. The number of fused-ring (bicyclic) bond motifs is 1. The molecule has 1 amide bonds. The summed E-state index contributed by atoms with van der Waals surface area (Å²) in [6, 6.07) is 1.38. The van der Waals surface area contributed by atoms with Gasteiger partial charge in [-0.1, -0.05) is 5.16 Å². The molecule has 3 heterocycles. The molecule has 0 radical (unpaired) electrons. The standard InChI is InChI=1S/C20H31N5O2/c1-4-23(5-2)18(26)17-15-9-24(10-16(15)17)14-6-7-20(8-14)11-25(12-20)19-21-13(3)22-27-19/h14-17H,4-12H2,1-3H3/t14?,15-,16+,17+. The topological polar surface area (TPSA) is 65.7 Å². The number of aromatic nitrogens is 2. The van der Waals surface area contributed by atoms with Crippen LogP contribution < -0.4 is 4.90 Å². The molecule has 2 aliphatic carbocycles. The first-order chi connectivity index (χ1) is 13.0. The Balaban J connectivity index is 1.12. The third-order valence-corrected chi connectivity index (χ3v) is 7.62. The van der Waals surface area contributed by atoms with E-state index in [1.54, 1.807) is 0 Å². The fourth-order valence-corrected chi connectivity index (χ4v) is 6.06. The summed E-state index contributed by atoms with van der Waals surface area (Å²) in [5.74, 6) is 2.67. The van der Waals surface area contributed by atoms with E-state index in [0.717, 1.165) is 39.3 Å². The van der Waals surface area contributed by atoms with E-state index in [9.17, 15) is 4.79 Å². The van der Waals surface area contributed by atoms with Crippen LogP contribution in [0.25, 0.3) is 0 Å². The molecule has 7 heteroatoms.